The summed E-state index contributed by atoms with van der Waals surface area (Å²) in [5.41, 5.74) is -2.46. The van der Waals surface area contributed by atoms with Crippen molar-refractivity contribution in [1.82, 2.24) is 0 Å². The van der Waals surface area contributed by atoms with Gasteiger partial charge in [-0.2, -0.15) is 13.2 Å². The monoisotopic (exact) mass is 222 g/mol. The van der Waals surface area contributed by atoms with Crippen LogP contribution in [0.2, 0.25) is 0 Å². The number of carboxylic acids is 1. The molecule has 0 unspecified atom stereocenters. The minimum atomic E-state index is -4.68. The maximum absolute atomic E-state index is 12.9. The van der Waals surface area contributed by atoms with Gasteiger partial charge in [0, 0.05) is 0 Å². The molecule has 0 aliphatic rings. The first kappa shape index (κ1) is 11.5. The number of carbonyl (C=O) groups is 1. The SMILES string of the molecule is Cc1cc(F)c(C(=O)O)cc1C(F)(F)F. The van der Waals surface area contributed by atoms with Crippen molar-refractivity contribution in [2.45, 2.75) is 13.1 Å². The topological polar surface area (TPSA) is 37.3 Å². The van der Waals surface area contributed by atoms with Gasteiger partial charge in [0.05, 0.1) is 11.1 Å². The van der Waals surface area contributed by atoms with Crippen molar-refractivity contribution in [2.24, 2.45) is 0 Å². The zero-order valence-corrected chi connectivity index (χ0v) is 7.52. The van der Waals surface area contributed by atoms with Gasteiger partial charge >= 0.3 is 12.1 Å². The third kappa shape index (κ3) is 2.26. The van der Waals surface area contributed by atoms with Gasteiger partial charge in [0.25, 0.3) is 0 Å². The van der Waals surface area contributed by atoms with Crippen LogP contribution in [0, 0.1) is 12.7 Å². The highest BCUT2D eigenvalue weighted by molar-refractivity contribution is 5.88. The van der Waals surface area contributed by atoms with E-state index < -0.39 is 29.1 Å². The van der Waals surface area contributed by atoms with E-state index in [0.29, 0.717) is 12.1 Å². The first-order valence-corrected chi connectivity index (χ1v) is 3.84. The van der Waals surface area contributed by atoms with Crippen LogP contribution in [0.4, 0.5) is 17.6 Å². The molecule has 0 spiro atoms. The van der Waals surface area contributed by atoms with Crippen LogP contribution in [0.1, 0.15) is 21.5 Å². The summed E-state index contributed by atoms with van der Waals surface area (Å²) in [6.07, 6.45) is -4.68. The Morgan fingerprint density at radius 1 is 1.33 bits per heavy atom. The quantitative estimate of drug-likeness (QED) is 0.742. The van der Waals surface area contributed by atoms with E-state index in [1.165, 1.54) is 0 Å². The normalized spacial score (nSPS) is 11.5. The van der Waals surface area contributed by atoms with Crippen molar-refractivity contribution in [1.29, 1.82) is 0 Å². The van der Waals surface area contributed by atoms with Crippen LogP contribution >= 0.6 is 0 Å². The number of alkyl halides is 3. The van der Waals surface area contributed by atoms with Gasteiger partial charge in [0.2, 0.25) is 0 Å². The van der Waals surface area contributed by atoms with Gasteiger partial charge in [-0.3, -0.25) is 0 Å². The smallest absolute Gasteiger partial charge is 0.416 e. The Morgan fingerprint density at radius 2 is 1.87 bits per heavy atom. The van der Waals surface area contributed by atoms with Crippen LogP contribution in [-0.2, 0) is 6.18 Å². The Bertz CT molecular complexity index is 409. The predicted octanol–water partition coefficient (Wildman–Crippen LogP) is 2.85. The zero-order valence-electron chi connectivity index (χ0n) is 7.52. The lowest BCUT2D eigenvalue weighted by atomic mass is 10.0. The summed E-state index contributed by atoms with van der Waals surface area (Å²) < 4.78 is 49.8. The number of benzene rings is 1. The number of carboxylic acid groups (broad SMARTS) is 1. The maximum Gasteiger partial charge on any atom is 0.416 e. The maximum atomic E-state index is 12.9. The molecule has 0 aliphatic carbocycles. The number of hydrogen-bond acceptors (Lipinski definition) is 1. The second-order valence-electron chi connectivity index (χ2n) is 2.95. The van der Waals surface area contributed by atoms with Gasteiger partial charge in [-0.05, 0) is 24.6 Å². The summed E-state index contributed by atoms with van der Waals surface area (Å²) in [4.78, 5) is 10.4. The first-order valence-electron chi connectivity index (χ1n) is 3.84. The molecule has 1 aromatic rings. The summed E-state index contributed by atoms with van der Waals surface area (Å²) in [6.45, 7) is 1.07. The average molecular weight is 222 g/mol. The molecule has 0 radical (unpaired) electrons. The minimum Gasteiger partial charge on any atom is -0.478 e. The molecule has 0 aromatic heterocycles. The predicted molar refractivity (Wildman–Crippen MR) is 43.1 cm³/mol. The second kappa shape index (κ2) is 3.52. The highest BCUT2D eigenvalue weighted by Gasteiger charge is 2.34. The van der Waals surface area contributed by atoms with Crippen molar-refractivity contribution < 1.29 is 27.5 Å². The van der Waals surface area contributed by atoms with Crippen molar-refractivity contribution in [3.63, 3.8) is 0 Å². The van der Waals surface area contributed by atoms with Crippen LogP contribution < -0.4 is 0 Å². The lowest BCUT2D eigenvalue weighted by molar-refractivity contribution is -0.138. The Balaban J connectivity index is 3.43. The highest BCUT2D eigenvalue weighted by atomic mass is 19.4. The van der Waals surface area contributed by atoms with Crippen molar-refractivity contribution >= 4 is 5.97 Å². The summed E-state index contributed by atoms with van der Waals surface area (Å²) in [6, 6.07) is 0.860. The van der Waals surface area contributed by atoms with Gasteiger partial charge in [-0.15, -0.1) is 0 Å². The van der Waals surface area contributed by atoms with Crippen LogP contribution in [0.5, 0.6) is 0 Å². The Kier molecular flexibility index (Phi) is 2.70. The molecule has 1 rings (SSSR count). The summed E-state index contributed by atoms with van der Waals surface area (Å²) in [7, 11) is 0. The highest BCUT2D eigenvalue weighted by Crippen LogP contribution is 2.33. The van der Waals surface area contributed by atoms with E-state index >= 15 is 0 Å². The van der Waals surface area contributed by atoms with Gasteiger partial charge < -0.3 is 5.11 Å². The number of rotatable bonds is 1. The molecule has 1 N–H and O–H groups in total. The first-order chi connectivity index (χ1) is 6.73. The molecule has 0 aliphatic heterocycles. The Hall–Kier alpha value is -1.59. The molecule has 0 amide bonds. The van der Waals surface area contributed by atoms with E-state index in [-0.39, 0.29) is 5.56 Å². The molecule has 0 saturated heterocycles. The molecule has 2 nitrogen and oxygen atoms in total. The zero-order chi connectivity index (χ0) is 11.8. The summed E-state index contributed by atoms with van der Waals surface area (Å²) in [5.74, 6) is -2.90. The fraction of sp³-hybridized carbons (Fsp3) is 0.222. The molecular weight excluding hydrogens is 216 g/mol. The van der Waals surface area contributed by atoms with Crippen LogP contribution in [0.15, 0.2) is 12.1 Å². The van der Waals surface area contributed by atoms with Gasteiger partial charge in [0.15, 0.2) is 0 Å². The van der Waals surface area contributed by atoms with Crippen molar-refractivity contribution in [2.75, 3.05) is 0 Å². The fourth-order valence-corrected chi connectivity index (χ4v) is 1.14. The van der Waals surface area contributed by atoms with Crippen LogP contribution in [-0.4, -0.2) is 11.1 Å². The van der Waals surface area contributed by atoms with E-state index in [1.807, 2.05) is 0 Å². The third-order valence-corrected chi connectivity index (χ3v) is 1.85. The molecule has 0 bridgehead atoms. The Morgan fingerprint density at radius 3 is 2.27 bits per heavy atom. The molecule has 82 valence electrons. The average Bonchev–Trinajstić information content (AvgIpc) is 2.00. The molecule has 0 atom stereocenters. The number of halogens is 4. The molecule has 0 heterocycles. The lowest BCUT2D eigenvalue weighted by Gasteiger charge is -2.11. The number of aromatic carboxylic acids is 1. The molecule has 0 fully saturated rings. The number of aryl methyl sites for hydroxylation is 1. The van der Waals surface area contributed by atoms with Crippen LogP contribution in [0.3, 0.4) is 0 Å². The van der Waals surface area contributed by atoms with Crippen LogP contribution in [0.25, 0.3) is 0 Å². The van der Waals surface area contributed by atoms with E-state index in [2.05, 4.69) is 0 Å². The summed E-state index contributed by atoms with van der Waals surface area (Å²) >= 11 is 0. The fourth-order valence-electron chi connectivity index (χ4n) is 1.14. The Labute approximate surface area is 82.1 Å². The molecule has 0 saturated carbocycles. The van der Waals surface area contributed by atoms with Crippen molar-refractivity contribution in [3.8, 4) is 0 Å². The van der Waals surface area contributed by atoms with Gasteiger partial charge in [-0.1, -0.05) is 0 Å². The molecule has 6 heteroatoms. The van der Waals surface area contributed by atoms with E-state index in [1.54, 1.807) is 0 Å². The van der Waals surface area contributed by atoms with E-state index in [0.717, 1.165) is 6.92 Å². The molecule has 1 aromatic carbocycles. The van der Waals surface area contributed by atoms with Crippen molar-refractivity contribution in [3.05, 3.63) is 34.6 Å². The molecular formula is C9H6F4O2. The largest absolute Gasteiger partial charge is 0.478 e. The molecule has 15 heavy (non-hydrogen) atoms. The van der Waals surface area contributed by atoms with Gasteiger partial charge in [0.1, 0.15) is 5.82 Å². The number of hydrogen-bond donors (Lipinski definition) is 1. The van der Waals surface area contributed by atoms with E-state index in [4.69, 9.17) is 5.11 Å². The minimum absolute atomic E-state index is 0.299. The van der Waals surface area contributed by atoms with E-state index in [9.17, 15) is 22.4 Å². The standard InChI is InChI=1S/C9H6F4O2/c1-4-2-7(10)5(8(14)15)3-6(4)9(11,12)13/h2-3H,1H3,(H,14,15). The third-order valence-electron chi connectivity index (χ3n) is 1.85. The van der Waals surface area contributed by atoms with Gasteiger partial charge in [-0.25, -0.2) is 9.18 Å². The lowest BCUT2D eigenvalue weighted by Crippen LogP contribution is -2.11. The summed E-state index contributed by atoms with van der Waals surface area (Å²) in [5, 5.41) is 8.44. The second-order valence-corrected chi connectivity index (χ2v) is 2.95.